The normalized spacial score (nSPS) is 18.0. The molecule has 0 bridgehead atoms. The lowest BCUT2D eigenvalue weighted by atomic mass is 9.83. The minimum atomic E-state index is -0.990. The first-order chi connectivity index (χ1) is 19.5. The van der Waals surface area contributed by atoms with Gasteiger partial charge in [-0.3, -0.25) is 9.59 Å². The highest BCUT2D eigenvalue weighted by atomic mass is 19.1. The first kappa shape index (κ1) is 28.3. The Morgan fingerprint density at radius 2 is 1.90 bits per heavy atom. The molecule has 5 rings (SSSR count). The number of likely N-dealkylation sites (N-methyl/N-ethyl adjacent to an activating group) is 1. The van der Waals surface area contributed by atoms with Crippen molar-refractivity contribution < 1.29 is 28.6 Å². The van der Waals surface area contributed by atoms with Gasteiger partial charge in [-0.25, -0.2) is 9.18 Å². The number of nitrogens with zero attached hydrogens (tertiary/aromatic N) is 4. The maximum atomic E-state index is 13.5. The number of ether oxygens (including phenoxy) is 1. The quantitative estimate of drug-likeness (QED) is 0.493. The van der Waals surface area contributed by atoms with Gasteiger partial charge in [-0.05, 0) is 74.1 Å². The van der Waals surface area contributed by atoms with Crippen LogP contribution in [0.3, 0.4) is 0 Å². The Balaban J connectivity index is 1.23. The number of anilines is 1. The molecule has 216 valence electrons. The molecule has 3 heterocycles. The Morgan fingerprint density at radius 3 is 2.61 bits per heavy atom. The molecule has 10 nitrogen and oxygen atoms in total. The number of hydrogen-bond donors (Lipinski definition) is 2. The Kier molecular flexibility index (Phi) is 7.81. The van der Waals surface area contributed by atoms with E-state index in [1.165, 1.54) is 29.4 Å². The first-order valence-electron chi connectivity index (χ1n) is 13.6. The standard InChI is InChI=1S/C30H34FN5O5/c1-30(2,40)22-9-11-35(12-10-22)27(37)21-7-8-26-25(15-21)34(3)28(38)24(18-41-26)33-29(39)36-17-20(16-32-36)13-19-5-4-6-23(31)14-19/h4-8,14-17,22,24,40H,9-13,18H2,1-3H3,(H,33,39)/t24-/m0/s1. The number of rotatable bonds is 5. The number of aliphatic hydroxyl groups is 1. The second kappa shape index (κ2) is 11.3. The lowest BCUT2D eigenvalue weighted by Crippen LogP contribution is -2.50. The van der Waals surface area contributed by atoms with Gasteiger partial charge in [0.1, 0.15) is 24.2 Å². The molecule has 1 fully saturated rings. The maximum Gasteiger partial charge on any atom is 0.342 e. The summed E-state index contributed by atoms with van der Waals surface area (Å²) < 4.78 is 20.5. The Hall–Kier alpha value is -4.25. The van der Waals surface area contributed by atoms with Crippen LogP contribution in [0.4, 0.5) is 14.9 Å². The van der Waals surface area contributed by atoms with E-state index in [-0.39, 0.29) is 24.2 Å². The number of piperidine rings is 1. The lowest BCUT2D eigenvalue weighted by Gasteiger charge is -2.37. The molecule has 0 unspecified atom stereocenters. The predicted octanol–water partition coefficient (Wildman–Crippen LogP) is 3.22. The molecule has 11 heteroatoms. The van der Waals surface area contributed by atoms with Gasteiger partial charge in [-0.15, -0.1) is 0 Å². The second-order valence-electron chi connectivity index (χ2n) is 11.2. The van der Waals surface area contributed by atoms with Gasteiger partial charge in [0.2, 0.25) is 0 Å². The molecule has 1 saturated heterocycles. The van der Waals surface area contributed by atoms with Crippen LogP contribution in [0.1, 0.15) is 48.2 Å². The molecule has 3 aromatic rings. The molecule has 0 saturated carbocycles. The molecule has 2 aliphatic rings. The molecule has 0 aliphatic carbocycles. The highest BCUT2D eigenvalue weighted by molar-refractivity contribution is 6.02. The van der Waals surface area contributed by atoms with Crippen molar-refractivity contribution in [2.45, 2.75) is 44.8 Å². The summed E-state index contributed by atoms with van der Waals surface area (Å²) in [5, 5.41) is 17.1. The van der Waals surface area contributed by atoms with E-state index in [9.17, 15) is 23.9 Å². The third-order valence-corrected chi connectivity index (χ3v) is 7.82. The zero-order valence-corrected chi connectivity index (χ0v) is 23.3. The Labute approximate surface area is 237 Å². The molecule has 1 aromatic heterocycles. The van der Waals surface area contributed by atoms with Gasteiger partial charge >= 0.3 is 6.03 Å². The summed E-state index contributed by atoms with van der Waals surface area (Å²) in [6.45, 7) is 4.58. The van der Waals surface area contributed by atoms with Gasteiger partial charge in [0.25, 0.3) is 11.8 Å². The number of amides is 3. The summed E-state index contributed by atoms with van der Waals surface area (Å²) in [4.78, 5) is 42.6. The van der Waals surface area contributed by atoms with Crippen LogP contribution in [0.15, 0.2) is 54.9 Å². The number of carbonyl (C=O) groups is 3. The van der Waals surface area contributed by atoms with Crippen LogP contribution in [0.5, 0.6) is 5.75 Å². The van der Waals surface area contributed by atoms with Crippen LogP contribution in [0, 0.1) is 11.7 Å². The first-order valence-corrected chi connectivity index (χ1v) is 13.6. The summed E-state index contributed by atoms with van der Waals surface area (Å²) in [6, 6.07) is 9.56. The molecule has 2 N–H and O–H groups in total. The van der Waals surface area contributed by atoms with Gasteiger partial charge in [0.15, 0.2) is 0 Å². The van der Waals surface area contributed by atoms with E-state index in [4.69, 9.17) is 4.74 Å². The van der Waals surface area contributed by atoms with Gasteiger partial charge in [-0.1, -0.05) is 12.1 Å². The summed E-state index contributed by atoms with van der Waals surface area (Å²) >= 11 is 0. The fourth-order valence-corrected chi connectivity index (χ4v) is 5.37. The average Bonchev–Trinajstić information content (AvgIpc) is 3.38. The van der Waals surface area contributed by atoms with Gasteiger partial charge in [0, 0.05) is 38.3 Å². The topological polar surface area (TPSA) is 117 Å². The van der Waals surface area contributed by atoms with E-state index in [2.05, 4.69) is 10.4 Å². The number of benzene rings is 2. The fourth-order valence-electron chi connectivity index (χ4n) is 5.37. The predicted molar refractivity (Wildman–Crippen MR) is 149 cm³/mol. The number of likely N-dealkylation sites (tertiary alicyclic amines) is 1. The van der Waals surface area contributed by atoms with E-state index in [0.717, 1.165) is 10.2 Å². The molecular formula is C30H34FN5O5. The molecule has 1 atom stereocenters. The maximum absolute atomic E-state index is 13.5. The van der Waals surface area contributed by atoms with E-state index in [0.29, 0.717) is 54.9 Å². The monoisotopic (exact) mass is 563 g/mol. The Morgan fingerprint density at radius 1 is 1.15 bits per heavy atom. The van der Waals surface area contributed by atoms with Crippen LogP contribution < -0.4 is 15.0 Å². The number of carbonyl (C=O) groups excluding carboxylic acids is 3. The third kappa shape index (κ3) is 6.25. The van der Waals surface area contributed by atoms with E-state index in [1.807, 2.05) is 0 Å². The zero-order valence-electron chi connectivity index (χ0n) is 23.3. The van der Waals surface area contributed by atoms with Gasteiger partial charge in [0.05, 0.1) is 17.5 Å². The fraction of sp³-hybridized carbons (Fsp3) is 0.400. The van der Waals surface area contributed by atoms with Gasteiger partial charge < -0.3 is 25.0 Å². The van der Waals surface area contributed by atoms with Crippen LogP contribution in [0.25, 0.3) is 0 Å². The molecule has 41 heavy (non-hydrogen) atoms. The van der Waals surface area contributed by atoms with Crippen molar-refractivity contribution in [3.8, 4) is 5.75 Å². The molecule has 0 spiro atoms. The van der Waals surface area contributed by atoms with E-state index >= 15 is 0 Å². The van der Waals surface area contributed by atoms with Crippen molar-refractivity contribution in [1.29, 1.82) is 0 Å². The van der Waals surface area contributed by atoms with Gasteiger partial charge in [-0.2, -0.15) is 9.78 Å². The van der Waals surface area contributed by atoms with Crippen molar-refractivity contribution in [3.63, 3.8) is 0 Å². The van der Waals surface area contributed by atoms with Crippen molar-refractivity contribution in [2.75, 3.05) is 31.6 Å². The molecule has 0 radical (unpaired) electrons. The smallest absolute Gasteiger partial charge is 0.342 e. The third-order valence-electron chi connectivity index (χ3n) is 7.82. The number of halogens is 1. The largest absolute Gasteiger partial charge is 0.489 e. The highest BCUT2D eigenvalue weighted by Gasteiger charge is 2.34. The van der Waals surface area contributed by atoms with Crippen LogP contribution in [-0.2, 0) is 11.2 Å². The van der Waals surface area contributed by atoms with Crippen molar-refractivity contribution in [2.24, 2.45) is 5.92 Å². The molecular weight excluding hydrogens is 529 g/mol. The van der Waals surface area contributed by atoms with Crippen LogP contribution in [0.2, 0.25) is 0 Å². The number of nitrogens with one attached hydrogen (secondary N) is 1. The highest BCUT2D eigenvalue weighted by Crippen LogP contribution is 2.33. The van der Waals surface area contributed by atoms with E-state index < -0.39 is 23.6 Å². The number of hydrogen-bond acceptors (Lipinski definition) is 6. The number of fused-ring (bicyclic) bond motifs is 1. The number of aromatic nitrogens is 2. The second-order valence-corrected chi connectivity index (χ2v) is 11.2. The minimum absolute atomic E-state index is 0.100. The molecule has 2 aromatic carbocycles. The SMILES string of the molecule is CN1C(=O)[C@@H](NC(=O)n2cc(Cc3cccc(F)c3)cn2)COc2ccc(C(=O)N3CCC(C(C)(C)O)CC3)cc21. The van der Waals surface area contributed by atoms with Crippen molar-refractivity contribution in [3.05, 3.63) is 77.4 Å². The molecule has 3 amide bonds. The summed E-state index contributed by atoms with van der Waals surface area (Å²) in [7, 11) is 1.57. The van der Waals surface area contributed by atoms with Crippen LogP contribution >= 0.6 is 0 Å². The van der Waals surface area contributed by atoms with Crippen molar-refractivity contribution >= 4 is 23.5 Å². The van der Waals surface area contributed by atoms with Crippen LogP contribution in [-0.4, -0.2) is 76.0 Å². The Bertz CT molecular complexity index is 1460. The summed E-state index contributed by atoms with van der Waals surface area (Å²) in [5.41, 5.74) is 1.53. The summed E-state index contributed by atoms with van der Waals surface area (Å²) in [5.74, 6) is -0.339. The van der Waals surface area contributed by atoms with Crippen molar-refractivity contribution in [1.82, 2.24) is 20.0 Å². The van der Waals surface area contributed by atoms with E-state index in [1.54, 1.807) is 56.1 Å². The summed E-state index contributed by atoms with van der Waals surface area (Å²) in [6.07, 6.45) is 4.87. The zero-order chi connectivity index (χ0) is 29.3. The molecule has 2 aliphatic heterocycles. The lowest BCUT2D eigenvalue weighted by molar-refractivity contribution is -0.120. The minimum Gasteiger partial charge on any atom is -0.489 e. The average molecular weight is 564 g/mol.